The Kier molecular flexibility index (Phi) is 4.82. The van der Waals surface area contributed by atoms with Gasteiger partial charge in [0.25, 0.3) is 0 Å². The van der Waals surface area contributed by atoms with Crippen molar-refractivity contribution in [2.24, 2.45) is 23.7 Å². The number of fused-ring (bicyclic) bond motifs is 2. The van der Waals surface area contributed by atoms with Gasteiger partial charge in [0.2, 0.25) is 0 Å². The Labute approximate surface area is 138 Å². The maximum absolute atomic E-state index is 12.6. The van der Waals surface area contributed by atoms with Crippen LogP contribution < -0.4 is 0 Å². The summed E-state index contributed by atoms with van der Waals surface area (Å²) in [6, 6.07) is 0. The molecule has 132 valence electrons. The minimum atomic E-state index is -0.893. The summed E-state index contributed by atoms with van der Waals surface area (Å²) in [7, 11) is 0. The quantitative estimate of drug-likeness (QED) is 0.637. The van der Waals surface area contributed by atoms with E-state index in [1.807, 2.05) is 0 Å². The number of hydrogen-bond donors (Lipinski definition) is 1. The van der Waals surface area contributed by atoms with Gasteiger partial charge < -0.3 is 14.6 Å². The van der Waals surface area contributed by atoms with E-state index < -0.39 is 29.1 Å². The van der Waals surface area contributed by atoms with Crippen LogP contribution in [-0.4, -0.2) is 34.4 Å². The highest BCUT2D eigenvalue weighted by Crippen LogP contribution is 2.51. The maximum atomic E-state index is 12.6. The van der Waals surface area contributed by atoms with Gasteiger partial charge in [0.1, 0.15) is 11.2 Å². The second kappa shape index (κ2) is 6.08. The molecule has 5 nitrogen and oxygen atoms in total. The zero-order chi connectivity index (χ0) is 17.6. The van der Waals surface area contributed by atoms with E-state index in [4.69, 9.17) is 9.47 Å². The molecule has 2 aliphatic carbocycles. The predicted molar refractivity (Wildman–Crippen MR) is 85.5 cm³/mol. The topological polar surface area (TPSA) is 72.8 Å². The molecule has 2 saturated carbocycles. The van der Waals surface area contributed by atoms with Gasteiger partial charge in [-0.05, 0) is 78.6 Å². The monoisotopic (exact) mass is 326 g/mol. The third-order valence-corrected chi connectivity index (χ3v) is 4.62. The Hall–Kier alpha value is -1.10. The van der Waals surface area contributed by atoms with Crippen molar-refractivity contribution in [3.05, 3.63) is 0 Å². The molecule has 23 heavy (non-hydrogen) atoms. The Morgan fingerprint density at radius 1 is 0.870 bits per heavy atom. The third kappa shape index (κ3) is 4.46. The van der Waals surface area contributed by atoms with Gasteiger partial charge in [-0.15, -0.1) is 0 Å². The predicted octanol–water partition coefficient (Wildman–Crippen LogP) is 2.69. The van der Waals surface area contributed by atoms with Crippen molar-refractivity contribution >= 4 is 11.9 Å². The molecule has 0 amide bonds. The molecule has 0 aromatic rings. The highest BCUT2D eigenvalue weighted by Gasteiger charge is 2.53. The molecule has 1 N–H and O–H groups in total. The lowest BCUT2D eigenvalue weighted by molar-refractivity contribution is -0.178. The van der Waals surface area contributed by atoms with Crippen molar-refractivity contribution in [3.8, 4) is 0 Å². The average molecular weight is 326 g/mol. The molecule has 4 atom stereocenters. The molecule has 0 heterocycles. The number of carbonyl (C=O) groups excluding carboxylic acids is 2. The summed E-state index contributed by atoms with van der Waals surface area (Å²) in [5.74, 6) is -1.60. The van der Waals surface area contributed by atoms with Crippen LogP contribution in [0.5, 0.6) is 0 Å². The van der Waals surface area contributed by atoms with Gasteiger partial charge in [0.15, 0.2) is 5.92 Å². The Morgan fingerprint density at radius 2 is 1.35 bits per heavy atom. The lowest BCUT2D eigenvalue weighted by Gasteiger charge is -2.33. The standard InChI is InChI=1S/C18H30O5/c1-17(2,3)22-15(20)14(16(21)23-18(4,5)6)12-8-11-7-10(12)9-13(11)19/h10-14,19H,7-9H2,1-6H3. The van der Waals surface area contributed by atoms with Crippen LogP contribution >= 0.6 is 0 Å². The molecule has 2 fully saturated rings. The van der Waals surface area contributed by atoms with E-state index in [2.05, 4.69) is 0 Å². The molecule has 0 radical (unpaired) electrons. The largest absolute Gasteiger partial charge is 0.459 e. The fourth-order valence-electron chi connectivity index (χ4n) is 3.87. The molecule has 0 aliphatic heterocycles. The number of hydrogen-bond acceptors (Lipinski definition) is 5. The number of esters is 2. The number of ether oxygens (including phenoxy) is 2. The van der Waals surface area contributed by atoms with Crippen molar-refractivity contribution in [1.29, 1.82) is 0 Å². The van der Waals surface area contributed by atoms with Gasteiger partial charge in [-0.25, -0.2) is 0 Å². The summed E-state index contributed by atoms with van der Waals surface area (Å²) in [4.78, 5) is 25.3. The van der Waals surface area contributed by atoms with Gasteiger partial charge in [-0.1, -0.05) is 0 Å². The van der Waals surface area contributed by atoms with E-state index in [-0.39, 0.29) is 23.9 Å². The number of rotatable bonds is 3. The Bertz CT molecular complexity index is 441. The van der Waals surface area contributed by atoms with Crippen LogP contribution in [0.25, 0.3) is 0 Å². The first-order valence-corrected chi connectivity index (χ1v) is 8.51. The summed E-state index contributed by atoms with van der Waals surface area (Å²) in [5.41, 5.74) is -1.29. The summed E-state index contributed by atoms with van der Waals surface area (Å²) in [6.45, 7) is 10.8. The van der Waals surface area contributed by atoms with Crippen molar-refractivity contribution in [2.45, 2.75) is 78.1 Å². The minimum Gasteiger partial charge on any atom is -0.459 e. The maximum Gasteiger partial charge on any atom is 0.321 e. The summed E-state index contributed by atoms with van der Waals surface area (Å²) < 4.78 is 11.0. The highest BCUT2D eigenvalue weighted by molar-refractivity contribution is 5.95. The van der Waals surface area contributed by atoms with Crippen molar-refractivity contribution in [2.75, 3.05) is 0 Å². The average Bonchev–Trinajstić information content (AvgIpc) is 2.82. The molecule has 2 bridgehead atoms. The third-order valence-electron chi connectivity index (χ3n) is 4.62. The van der Waals surface area contributed by atoms with Crippen LogP contribution in [0.4, 0.5) is 0 Å². The minimum absolute atomic E-state index is 0.0897. The van der Waals surface area contributed by atoms with E-state index in [9.17, 15) is 14.7 Å². The molecule has 0 aromatic heterocycles. The first-order chi connectivity index (χ1) is 10.4. The molecule has 5 heteroatoms. The van der Waals surface area contributed by atoms with Crippen LogP contribution in [-0.2, 0) is 19.1 Å². The van der Waals surface area contributed by atoms with Crippen LogP contribution in [0.2, 0.25) is 0 Å². The lowest BCUT2D eigenvalue weighted by atomic mass is 9.78. The van der Waals surface area contributed by atoms with E-state index >= 15 is 0 Å². The van der Waals surface area contributed by atoms with Crippen molar-refractivity contribution < 1.29 is 24.2 Å². The lowest BCUT2D eigenvalue weighted by Crippen LogP contribution is -2.42. The number of aliphatic hydroxyl groups is 1. The first-order valence-electron chi connectivity index (χ1n) is 8.51. The van der Waals surface area contributed by atoms with E-state index in [0.29, 0.717) is 12.8 Å². The Morgan fingerprint density at radius 3 is 1.65 bits per heavy atom. The summed E-state index contributed by atoms with van der Waals surface area (Å²) >= 11 is 0. The fourth-order valence-corrected chi connectivity index (χ4v) is 3.87. The second-order valence-electron chi connectivity index (χ2n) is 9.00. The van der Waals surface area contributed by atoms with Crippen LogP contribution in [0.3, 0.4) is 0 Å². The van der Waals surface area contributed by atoms with Crippen molar-refractivity contribution in [1.82, 2.24) is 0 Å². The fraction of sp³-hybridized carbons (Fsp3) is 0.889. The smallest absolute Gasteiger partial charge is 0.321 e. The summed E-state index contributed by atoms with van der Waals surface area (Å²) in [6.07, 6.45) is 1.94. The van der Waals surface area contributed by atoms with Crippen LogP contribution in [0.1, 0.15) is 60.8 Å². The first kappa shape index (κ1) is 18.2. The highest BCUT2D eigenvalue weighted by atomic mass is 16.6. The molecule has 0 saturated heterocycles. The van der Waals surface area contributed by atoms with Gasteiger partial charge in [0.05, 0.1) is 6.10 Å². The van der Waals surface area contributed by atoms with E-state index in [1.165, 1.54) is 0 Å². The zero-order valence-electron chi connectivity index (χ0n) is 15.1. The van der Waals surface area contributed by atoms with Gasteiger partial charge in [0, 0.05) is 0 Å². The second-order valence-corrected chi connectivity index (χ2v) is 9.00. The molecule has 0 aromatic carbocycles. The van der Waals surface area contributed by atoms with Gasteiger partial charge >= 0.3 is 11.9 Å². The molecule has 4 unspecified atom stereocenters. The van der Waals surface area contributed by atoms with Crippen LogP contribution in [0, 0.1) is 23.7 Å². The molecular weight excluding hydrogens is 296 g/mol. The Balaban J connectivity index is 2.18. The molecule has 2 aliphatic rings. The van der Waals surface area contributed by atoms with E-state index in [0.717, 1.165) is 6.42 Å². The molecule has 2 rings (SSSR count). The van der Waals surface area contributed by atoms with Gasteiger partial charge in [-0.3, -0.25) is 9.59 Å². The SMILES string of the molecule is CC(C)(C)OC(=O)C(C(=O)OC(C)(C)C)C1CC2CC1CC2O. The van der Waals surface area contributed by atoms with Crippen LogP contribution in [0.15, 0.2) is 0 Å². The number of carbonyl (C=O) groups is 2. The van der Waals surface area contributed by atoms with E-state index in [1.54, 1.807) is 41.5 Å². The van der Waals surface area contributed by atoms with Gasteiger partial charge in [-0.2, -0.15) is 0 Å². The van der Waals surface area contributed by atoms with Crippen molar-refractivity contribution in [3.63, 3.8) is 0 Å². The normalized spacial score (nSPS) is 30.6. The zero-order valence-corrected chi connectivity index (χ0v) is 15.1. The summed E-state index contributed by atoms with van der Waals surface area (Å²) in [5, 5.41) is 9.94. The number of aliphatic hydroxyl groups excluding tert-OH is 1. The molecule has 0 spiro atoms. The molecular formula is C18H30O5.